The molecular formula is C10H9F3N4O. The van der Waals surface area contributed by atoms with Gasteiger partial charge in [-0.2, -0.15) is 18.2 Å². The minimum atomic E-state index is -4.67. The van der Waals surface area contributed by atoms with E-state index in [1.54, 1.807) is 19.1 Å². The highest BCUT2D eigenvalue weighted by molar-refractivity contribution is 5.22. The molecule has 0 aromatic carbocycles. The predicted molar refractivity (Wildman–Crippen MR) is 54.3 cm³/mol. The normalized spacial score (nSPS) is 13.6. The summed E-state index contributed by atoms with van der Waals surface area (Å²) >= 11 is 0. The van der Waals surface area contributed by atoms with E-state index in [1.165, 1.54) is 6.20 Å². The van der Waals surface area contributed by atoms with Crippen LogP contribution in [0.5, 0.6) is 0 Å². The SMILES string of the molecule is Cc1ccc(C(N)c2noc(C(F)(F)F)n2)cn1. The van der Waals surface area contributed by atoms with Crippen LogP contribution >= 0.6 is 0 Å². The molecule has 0 aliphatic rings. The fourth-order valence-corrected chi connectivity index (χ4v) is 1.29. The Balaban J connectivity index is 2.26. The first-order valence-electron chi connectivity index (χ1n) is 4.97. The molecule has 1 unspecified atom stereocenters. The molecule has 2 N–H and O–H groups in total. The number of hydrogen-bond acceptors (Lipinski definition) is 5. The average molecular weight is 258 g/mol. The molecule has 0 amide bonds. The molecule has 0 aliphatic heterocycles. The average Bonchev–Trinajstić information content (AvgIpc) is 2.78. The van der Waals surface area contributed by atoms with E-state index in [-0.39, 0.29) is 5.82 Å². The molecular weight excluding hydrogens is 249 g/mol. The predicted octanol–water partition coefficient (Wildman–Crippen LogP) is 1.84. The van der Waals surface area contributed by atoms with Crippen molar-refractivity contribution in [2.75, 3.05) is 0 Å². The summed E-state index contributed by atoms with van der Waals surface area (Å²) in [5.74, 6) is -1.64. The third kappa shape index (κ3) is 2.48. The molecule has 96 valence electrons. The molecule has 2 aromatic rings. The Morgan fingerprint density at radius 3 is 2.56 bits per heavy atom. The van der Waals surface area contributed by atoms with Crippen molar-refractivity contribution in [2.45, 2.75) is 19.1 Å². The maximum atomic E-state index is 12.3. The van der Waals surface area contributed by atoms with E-state index in [4.69, 9.17) is 5.73 Å². The molecule has 0 spiro atoms. The minimum Gasteiger partial charge on any atom is -0.329 e. The van der Waals surface area contributed by atoms with E-state index in [1.807, 2.05) is 0 Å². The maximum absolute atomic E-state index is 12.3. The summed E-state index contributed by atoms with van der Waals surface area (Å²) in [6.45, 7) is 1.78. The Kier molecular flexibility index (Phi) is 3.04. The lowest BCUT2D eigenvalue weighted by Crippen LogP contribution is -2.14. The zero-order valence-corrected chi connectivity index (χ0v) is 9.27. The van der Waals surface area contributed by atoms with Crippen molar-refractivity contribution in [3.05, 3.63) is 41.3 Å². The molecule has 0 saturated heterocycles. The number of nitrogens with two attached hydrogens (primary N) is 1. The second kappa shape index (κ2) is 4.37. The highest BCUT2D eigenvalue weighted by Crippen LogP contribution is 2.28. The van der Waals surface area contributed by atoms with Crippen LogP contribution in [0.4, 0.5) is 13.2 Å². The quantitative estimate of drug-likeness (QED) is 0.889. The maximum Gasteiger partial charge on any atom is 0.471 e. The molecule has 2 heterocycles. The molecule has 0 fully saturated rings. The second-order valence-corrected chi connectivity index (χ2v) is 3.67. The van der Waals surface area contributed by atoms with Crippen LogP contribution in [0.2, 0.25) is 0 Å². The van der Waals surface area contributed by atoms with Crippen LogP contribution in [0.15, 0.2) is 22.9 Å². The summed E-state index contributed by atoms with van der Waals surface area (Å²) in [6, 6.07) is 2.44. The third-order valence-corrected chi connectivity index (χ3v) is 2.26. The molecule has 0 radical (unpaired) electrons. The smallest absolute Gasteiger partial charge is 0.329 e. The van der Waals surface area contributed by atoms with Gasteiger partial charge < -0.3 is 10.3 Å². The van der Waals surface area contributed by atoms with E-state index in [2.05, 4.69) is 19.6 Å². The van der Waals surface area contributed by atoms with Gasteiger partial charge in [0.25, 0.3) is 0 Å². The largest absolute Gasteiger partial charge is 0.471 e. The van der Waals surface area contributed by atoms with Gasteiger partial charge in [0.05, 0.1) is 6.04 Å². The number of nitrogens with zero attached hydrogens (tertiary/aromatic N) is 3. The number of rotatable bonds is 2. The Hall–Kier alpha value is -1.96. The van der Waals surface area contributed by atoms with E-state index in [9.17, 15) is 13.2 Å². The molecule has 0 saturated carbocycles. The van der Waals surface area contributed by atoms with E-state index in [0.29, 0.717) is 5.56 Å². The van der Waals surface area contributed by atoms with Crippen LogP contribution in [0.25, 0.3) is 0 Å². The van der Waals surface area contributed by atoms with Gasteiger partial charge in [0, 0.05) is 11.9 Å². The van der Waals surface area contributed by atoms with Gasteiger partial charge in [0.2, 0.25) is 0 Å². The van der Waals surface area contributed by atoms with Crippen molar-refractivity contribution in [1.29, 1.82) is 0 Å². The lowest BCUT2D eigenvalue weighted by Gasteiger charge is -2.06. The van der Waals surface area contributed by atoms with Crippen LogP contribution in [-0.2, 0) is 6.18 Å². The van der Waals surface area contributed by atoms with E-state index in [0.717, 1.165) is 5.69 Å². The first-order chi connectivity index (χ1) is 8.38. The molecule has 18 heavy (non-hydrogen) atoms. The number of aryl methyl sites for hydroxylation is 1. The van der Waals surface area contributed by atoms with Gasteiger partial charge in [-0.05, 0) is 18.6 Å². The fourth-order valence-electron chi connectivity index (χ4n) is 1.29. The first-order valence-corrected chi connectivity index (χ1v) is 4.97. The van der Waals surface area contributed by atoms with Crippen LogP contribution in [0.1, 0.15) is 29.0 Å². The highest BCUT2D eigenvalue weighted by Gasteiger charge is 2.39. The van der Waals surface area contributed by atoms with Gasteiger partial charge in [-0.15, -0.1) is 0 Å². The fraction of sp³-hybridized carbons (Fsp3) is 0.300. The van der Waals surface area contributed by atoms with Crippen LogP contribution in [0, 0.1) is 6.92 Å². The Bertz CT molecular complexity index is 535. The summed E-state index contributed by atoms with van der Waals surface area (Å²) in [6.07, 6.45) is -3.21. The van der Waals surface area contributed by atoms with Crippen molar-refractivity contribution < 1.29 is 17.7 Å². The van der Waals surface area contributed by atoms with Crippen molar-refractivity contribution in [2.24, 2.45) is 5.73 Å². The van der Waals surface area contributed by atoms with Gasteiger partial charge in [0.15, 0.2) is 5.82 Å². The number of alkyl halides is 3. The van der Waals surface area contributed by atoms with Crippen LogP contribution in [0.3, 0.4) is 0 Å². The number of hydrogen-bond donors (Lipinski definition) is 1. The zero-order valence-electron chi connectivity index (χ0n) is 9.27. The second-order valence-electron chi connectivity index (χ2n) is 3.67. The molecule has 5 nitrogen and oxygen atoms in total. The number of pyridine rings is 1. The van der Waals surface area contributed by atoms with Gasteiger partial charge >= 0.3 is 12.1 Å². The Labute approximate surface area is 99.8 Å². The lowest BCUT2D eigenvalue weighted by molar-refractivity contribution is -0.159. The molecule has 0 aliphatic carbocycles. The standard InChI is InChI=1S/C10H9F3N4O/c1-5-2-3-6(4-15-5)7(14)8-16-9(18-17-8)10(11,12)13/h2-4,7H,14H2,1H3. The Morgan fingerprint density at radius 2 is 2.06 bits per heavy atom. The van der Waals surface area contributed by atoms with Crippen LogP contribution < -0.4 is 5.73 Å². The topological polar surface area (TPSA) is 77.8 Å². The minimum absolute atomic E-state index is 0.229. The number of aromatic nitrogens is 3. The molecule has 1 atom stereocenters. The van der Waals surface area contributed by atoms with Crippen molar-refractivity contribution in [3.8, 4) is 0 Å². The Morgan fingerprint density at radius 1 is 1.33 bits per heavy atom. The van der Waals surface area contributed by atoms with Crippen molar-refractivity contribution in [1.82, 2.24) is 15.1 Å². The third-order valence-electron chi connectivity index (χ3n) is 2.26. The van der Waals surface area contributed by atoms with Crippen LogP contribution in [-0.4, -0.2) is 15.1 Å². The number of halogens is 3. The van der Waals surface area contributed by atoms with Gasteiger partial charge in [-0.25, -0.2) is 0 Å². The molecule has 0 bridgehead atoms. The van der Waals surface area contributed by atoms with E-state index < -0.39 is 18.1 Å². The van der Waals surface area contributed by atoms with Gasteiger partial charge in [-0.1, -0.05) is 11.2 Å². The molecule has 8 heteroatoms. The summed E-state index contributed by atoms with van der Waals surface area (Å²) in [5.41, 5.74) is 7.01. The summed E-state index contributed by atoms with van der Waals surface area (Å²) in [7, 11) is 0. The molecule has 2 aromatic heterocycles. The summed E-state index contributed by atoms with van der Waals surface area (Å²) in [4.78, 5) is 7.22. The monoisotopic (exact) mass is 258 g/mol. The lowest BCUT2D eigenvalue weighted by atomic mass is 10.1. The highest BCUT2D eigenvalue weighted by atomic mass is 19.4. The van der Waals surface area contributed by atoms with Gasteiger partial charge in [-0.3, -0.25) is 4.98 Å². The first kappa shape index (κ1) is 12.5. The van der Waals surface area contributed by atoms with E-state index >= 15 is 0 Å². The van der Waals surface area contributed by atoms with Crippen molar-refractivity contribution in [3.63, 3.8) is 0 Å². The summed E-state index contributed by atoms with van der Waals surface area (Å²) in [5, 5.41) is 3.22. The van der Waals surface area contributed by atoms with Gasteiger partial charge in [0.1, 0.15) is 0 Å². The summed E-state index contributed by atoms with van der Waals surface area (Å²) < 4.78 is 40.9. The zero-order chi connectivity index (χ0) is 13.3. The van der Waals surface area contributed by atoms with Crippen molar-refractivity contribution >= 4 is 0 Å². The molecule has 2 rings (SSSR count).